The number of hydrogen-bond acceptors (Lipinski definition) is 6. The zero-order valence-corrected chi connectivity index (χ0v) is 14.7. The second-order valence-corrected chi connectivity index (χ2v) is 6.00. The number of benzene rings is 2. The molecule has 2 heterocycles. The number of amides is 1. The maximum Gasteiger partial charge on any atom is 0.248 e. The van der Waals surface area contributed by atoms with Crippen LogP contribution in [0.1, 0.15) is 17.0 Å². The molecule has 4 aromatic rings. The number of nitrogens with one attached hydrogen (secondary N) is 2. The van der Waals surface area contributed by atoms with Gasteiger partial charge in [-0.2, -0.15) is 5.21 Å². The average molecular weight is 372 g/mol. The largest absolute Gasteiger partial charge is 0.356 e. The molecule has 2 aromatic heterocycles. The first-order valence-corrected chi connectivity index (χ1v) is 8.58. The second kappa shape index (κ2) is 8.09. The van der Waals surface area contributed by atoms with Crippen molar-refractivity contribution in [2.24, 2.45) is 0 Å². The number of tetrazole rings is 1. The number of hydrogen-bond donors (Lipinski definition) is 2. The van der Waals surface area contributed by atoms with Gasteiger partial charge >= 0.3 is 0 Å². The fourth-order valence-electron chi connectivity index (χ4n) is 2.67. The van der Waals surface area contributed by atoms with E-state index >= 15 is 0 Å². The molecule has 8 heteroatoms. The Labute approximate surface area is 160 Å². The molecular weight excluding hydrogens is 356 g/mol. The molecule has 4 rings (SSSR count). The van der Waals surface area contributed by atoms with E-state index in [-0.39, 0.29) is 5.91 Å². The van der Waals surface area contributed by atoms with Crippen LogP contribution in [0.4, 0.5) is 5.69 Å². The van der Waals surface area contributed by atoms with Crippen LogP contribution in [0.5, 0.6) is 0 Å². The first-order chi connectivity index (χ1) is 13.8. The fraction of sp³-hybridized carbons (Fsp3) is 0.0500. The standard InChI is InChI=1S/C20H16N6O2/c27-19(11-8-16-13-21-28-20(16)15-4-2-1-3-5-15)22-17-9-6-14(7-10-17)12-18-23-25-26-24-18/h1-11,13H,12H2,(H,22,27)(H,23,24,25,26)/b11-8+. The molecule has 2 aromatic carbocycles. The van der Waals surface area contributed by atoms with E-state index in [9.17, 15) is 4.79 Å². The summed E-state index contributed by atoms with van der Waals surface area (Å²) in [6.45, 7) is 0. The van der Waals surface area contributed by atoms with Crippen LogP contribution in [0.3, 0.4) is 0 Å². The Morgan fingerprint density at radius 3 is 2.68 bits per heavy atom. The summed E-state index contributed by atoms with van der Waals surface area (Å²) < 4.78 is 5.31. The van der Waals surface area contributed by atoms with Gasteiger partial charge in [-0.15, -0.1) is 10.2 Å². The second-order valence-electron chi connectivity index (χ2n) is 6.00. The van der Waals surface area contributed by atoms with Crippen molar-refractivity contribution < 1.29 is 9.32 Å². The molecule has 138 valence electrons. The highest BCUT2D eigenvalue weighted by Gasteiger charge is 2.08. The SMILES string of the molecule is O=C(/C=C/c1cnoc1-c1ccccc1)Nc1ccc(Cc2nn[nH]n2)cc1. The molecular formula is C20H16N6O2. The van der Waals surface area contributed by atoms with Crippen molar-refractivity contribution in [3.05, 3.63) is 83.8 Å². The minimum Gasteiger partial charge on any atom is -0.356 e. The molecule has 0 atom stereocenters. The zero-order chi connectivity index (χ0) is 19.2. The molecule has 0 bridgehead atoms. The van der Waals surface area contributed by atoms with Crippen LogP contribution in [0.2, 0.25) is 0 Å². The van der Waals surface area contributed by atoms with E-state index in [0.29, 0.717) is 23.7 Å². The van der Waals surface area contributed by atoms with Crippen molar-refractivity contribution >= 4 is 17.7 Å². The minimum absolute atomic E-state index is 0.244. The Morgan fingerprint density at radius 1 is 1.11 bits per heavy atom. The van der Waals surface area contributed by atoms with E-state index in [1.54, 1.807) is 12.3 Å². The molecule has 0 fully saturated rings. The number of nitrogens with zero attached hydrogens (tertiary/aromatic N) is 4. The third-order valence-electron chi connectivity index (χ3n) is 4.02. The van der Waals surface area contributed by atoms with Crippen molar-refractivity contribution in [1.29, 1.82) is 0 Å². The smallest absolute Gasteiger partial charge is 0.248 e. The molecule has 8 nitrogen and oxygen atoms in total. The zero-order valence-electron chi connectivity index (χ0n) is 14.7. The van der Waals surface area contributed by atoms with Crippen LogP contribution in [0.15, 0.2) is 71.4 Å². The van der Waals surface area contributed by atoms with Gasteiger partial charge in [-0.25, -0.2) is 0 Å². The van der Waals surface area contributed by atoms with Crippen LogP contribution in [0.25, 0.3) is 17.4 Å². The van der Waals surface area contributed by atoms with Gasteiger partial charge in [0.2, 0.25) is 5.91 Å². The van der Waals surface area contributed by atoms with Crippen molar-refractivity contribution in [1.82, 2.24) is 25.8 Å². The van der Waals surface area contributed by atoms with Crippen molar-refractivity contribution in [3.8, 4) is 11.3 Å². The summed E-state index contributed by atoms with van der Waals surface area (Å²) in [4.78, 5) is 12.2. The number of aromatic nitrogens is 5. The lowest BCUT2D eigenvalue weighted by Gasteiger charge is -2.03. The highest BCUT2D eigenvalue weighted by atomic mass is 16.5. The molecule has 0 aliphatic heterocycles. The van der Waals surface area contributed by atoms with Crippen molar-refractivity contribution in [2.45, 2.75) is 6.42 Å². The van der Waals surface area contributed by atoms with Gasteiger partial charge in [-0.3, -0.25) is 4.79 Å². The summed E-state index contributed by atoms with van der Waals surface area (Å²) in [6, 6.07) is 17.1. The number of aromatic amines is 1. The van der Waals surface area contributed by atoms with Gasteiger partial charge in [-0.05, 0) is 23.8 Å². The summed E-state index contributed by atoms with van der Waals surface area (Å²) in [5, 5.41) is 20.4. The van der Waals surface area contributed by atoms with E-state index in [1.165, 1.54) is 6.08 Å². The molecule has 0 unspecified atom stereocenters. The lowest BCUT2D eigenvalue weighted by atomic mass is 10.1. The molecule has 0 radical (unpaired) electrons. The van der Waals surface area contributed by atoms with Gasteiger partial charge in [0.1, 0.15) is 0 Å². The van der Waals surface area contributed by atoms with Crippen LogP contribution >= 0.6 is 0 Å². The Kier molecular flexibility index (Phi) is 5.01. The minimum atomic E-state index is -0.244. The number of rotatable bonds is 6. The van der Waals surface area contributed by atoms with Gasteiger partial charge in [-0.1, -0.05) is 52.8 Å². The summed E-state index contributed by atoms with van der Waals surface area (Å²) in [5.74, 6) is 0.990. The summed E-state index contributed by atoms with van der Waals surface area (Å²) >= 11 is 0. The van der Waals surface area contributed by atoms with Crippen molar-refractivity contribution in [2.75, 3.05) is 5.32 Å². The maximum atomic E-state index is 12.2. The Bertz CT molecular complexity index is 1070. The predicted molar refractivity (Wildman–Crippen MR) is 103 cm³/mol. The third-order valence-corrected chi connectivity index (χ3v) is 4.02. The predicted octanol–water partition coefficient (Wildman–Crippen LogP) is 3.10. The lowest BCUT2D eigenvalue weighted by Crippen LogP contribution is -2.07. The summed E-state index contributed by atoms with van der Waals surface area (Å²) in [6.07, 6.45) is 5.28. The van der Waals surface area contributed by atoms with Gasteiger partial charge in [0.25, 0.3) is 0 Å². The van der Waals surface area contributed by atoms with Crippen LogP contribution in [-0.2, 0) is 11.2 Å². The van der Waals surface area contributed by atoms with Crippen LogP contribution in [-0.4, -0.2) is 31.7 Å². The Balaban J connectivity index is 1.39. The van der Waals surface area contributed by atoms with E-state index in [4.69, 9.17) is 4.52 Å². The molecule has 2 N–H and O–H groups in total. The molecule has 1 amide bonds. The third kappa shape index (κ3) is 4.18. The number of H-pyrrole nitrogens is 1. The number of carbonyl (C=O) groups is 1. The normalized spacial score (nSPS) is 11.0. The molecule has 0 aliphatic rings. The summed E-state index contributed by atoms with van der Waals surface area (Å²) in [5.41, 5.74) is 3.35. The Morgan fingerprint density at radius 2 is 1.93 bits per heavy atom. The fourth-order valence-corrected chi connectivity index (χ4v) is 2.67. The number of carbonyl (C=O) groups excluding carboxylic acids is 1. The van der Waals surface area contributed by atoms with Gasteiger partial charge < -0.3 is 9.84 Å². The van der Waals surface area contributed by atoms with Crippen LogP contribution < -0.4 is 5.32 Å². The monoisotopic (exact) mass is 372 g/mol. The summed E-state index contributed by atoms with van der Waals surface area (Å²) in [7, 11) is 0. The first kappa shape index (κ1) is 17.3. The molecule has 0 aliphatic carbocycles. The van der Waals surface area contributed by atoms with E-state index < -0.39 is 0 Å². The van der Waals surface area contributed by atoms with E-state index in [0.717, 1.165) is 16.7 Å². The highest BCUT2D eigenvalue weighted by molar-refractivity contribution is 6.02. The van der Waals surface area contributed by atoms with E-state index in [1.807, 2.05) is 54.6 Å². The molecule has 0 saturated carbocycles. The maximum absolute atomic E-state index is 12.2. The highest BCUT2D eigenvalue weighted by Crippen LogP contribution is 2.24. The average Bonchev–Trinajstić information content (AvgIpc) is 3.40. The molecule has 0 saturated heterocycles. The lowest BCUT2D eigenvalue weighted by molar-refractivity contribution is -0.111. The topological polar surface area (TPSA) is 110 Å². The van der Waals surface area contributed by atoms with E-state index in [2.05, 4.69) is 31.1 Å². The first-order valence-electron chi connectivity index (χ1n) is 8.58. The van der Waals surface area contributed by atoms with Gasteiger partial charge in [0, 0.05) is 29.3 Å². The van der Waals surface area contributed by atoms with Crippen molar-refractivity contribution in [3.63, 3.8) is 0 Å². The van der Waals surface area contributed by atoms with Crippen LogP contribution in [0, 0.1) is 0 Å². The quantitative estimate of drug-likeness (QED) is 0.503. The van der Waals surface area contributed by atoms with Gasteiger partial charge in [0.15, 0.2) is 11.6 Å². The molecule has 28 heavy (non-hydrogen) atoms. The van der Waals surface area contributed by atoms with Gasteiger partial charge in [0.05, 0.1) is 6.20 Å². The molecule has 0 spiro atoms. The number of anilines is 1. The Hall–Kier alpha value is -4.07.